The summed E-state index contributed by atoms with van der Waals surface area (Å²) in [6, 6.07) is 14.1. The Bertz CT molecular complexity index is 1470. The molecule has 0 spiro atoms. The number of benzene rings is 2. The van der Waals surface area contributed by atoms with Crippen LogP contribution in [-0.2, 0) is 11.0 Å². The van der Waals surface area contributed by atoms with Gasteiger partial charge in [-0.1, -0.05) is 30.3 Å². The van der Waals surface area contributed by atoms with Crippen LogP contribution in [0.3, 0.4) is 0 Å². The van der Waals surface area contributed by atoms with Gasteiger partial charge in [0.05, 0.1) is 6.57 Å². The Labute approximate surface area is 196 Å². The van der Waals surface area contributed by atoms with Gasteiger partial charge in [-0.3, -0.25) is 0 Å². The zero-order valence-electron chi connectivity index (χ0n) is 17.7. The zero-order valence-corrected chi connectivity index (χ0v) is 17.7. The molecule has 0 amide bonds. The van der Waals surface area contributed by atoms with Crippen LogP contribution in [0.4, 0.5) is 30.5 Å². The van der Waals surface area contributed by atoms with Gasteiger partial charge in [0.1, 0.15) is 0 Å². The monoisotopic (exact) mass is 476 g/mol. The maximum Gasteiger partial charge on any atom is 0.435 e. The van der Waals surface area contributed by atoms with Crippen LogP contribution in [-0.4, -0.2) is 30.8 Å². The van der Waals surface area contributed by atoms with E-state index in [-0.39, 0.29) is 11.8 Å². The Morgan fingerprint density at radius 1 is 1.14 bits per heavy atom. The molecule has 0 bridgehead atoms. The largest absolute Gasteiger partial charge is 0.478 e. The van der Waals surface area contributed by atoms with E-state index in [2.05, 4.69) is 25.2 Å². The van der Waals surface area contributed by atoms with Crippen molar-refractivity contribution in [1.29, 1.82) is 0 Å². The first-order chi connectivity index (χ1) is 16.7. The molecule has 0 saturated heterocycles. The minimum absolute atomic E-state index is 0.0682. The summed E-state index contributed by atoms with van der Waals surface area (Å²) < 4.78 is 40.5. The summed E-state index contributed by atoms with van der Waals surface area (Å²) >= 11 is 0. The SMILES string of the molecule is [C-]#[N+]c1cccc(Nc2ncc(-c3cccc(/C=C/C(=O)O)c3)c(-n3ccc(C(F)(F)F)n3)n2)c1. The zero-order chi connectivity index (χ0) is 25.0. The molecule has 0 unspecified atom stereocenters. The first kappa shape index (κ1) is 23.2. The Morgan fingerprint density at radius 2 is 1.94 bits per heavy atom. The highest BCUT2D eigenvalue weighted by molar-refractivity contribution is 5.86. The standard InChI is InChI=1S/C24H15F3N6O2/c1-28-17-6-3-7-18(13-17)30-23-29-14-19(16-5-2-4-15(12-16)8-9-21(34)35)22(31-23)33-11-10-20(32-33)24(25,26)27/h2-14H,(H,34,35)(H,29,30,31)/b9-8+. The molecule has 11 heteroatoms. The quantitative estimate of drug-likeness (QED) is 0.272. The number of anilines is 2. The summed E-state index contributed by atoms with van der Waals surface area (Å²) in [5, 5.41) is 15.5. The van der Waals surface area contributed by atoms with E-state index in [1.807, 2.05) is 0 Å². The molecule has 174 valence electrons. The van der Waals surface area contributed by atoms with Gasteiger partial charge in [0.15, 0.2) is 17.2 Å². The lowest BCUT2D eigenvalue weighted by molar-refractivity contribution is -0.141. The molecule has 0 fully saturated rings. The van der Waals surface area contributed by atoms with Crippen molar-refractivity contribution in [1.82, 2.24) is 19.7 Å². The molecule has 35 heavy (non-hydrogen) atoms. The van der Waals surface area contributed by atoms with E-state index in [9.17, 15) is 18.0 Å². The van der Waals surface area contributed by atoms with E-state index >= 15 is 0 Å². The minimum atomic E-state index is -4.64. The second-order valence-electron chi connectivity index (χ2n) is 7.16. The molecule has 4 rings (SSSR count). The second kappa shape index (κ2) is 9.48. The highest BCUT2D eigenvalue weighted by atomic mass is 19.4. The van der Waals surface area contributed by atoms with E-state index in [0.29, 0.717) is 28.1 Å². The highest BCUT2D eigenvalue weighted by Crippen LogP contribution is 2.31. The number of aromatic nitrogens is 4. The average Bonchev–Trinajstić information content (AvgIpc) is 3.34. The summed E-state index contributed by atoms with van der Waals surface area (Å²) in [5.74, 6) is -0.969. The molecular weight excluding hydrogens is 461 g/mol. The lowest BCUT2D eigenvalue weighted by Crippen LogP contribution is -2.09. The highest BCUT2D eigenvalue weighted by Gasteiger charge is 2.34. The molecule has 0 saturated carbocycles. The first-order valence-corrected chi connectivity index (χ1v) is 9.99. The van der Waals surface area contributed by atoms with E-state index < -0.39 is 17.8 Å². The van der Waals surface area contributed by atoms with Crippen LogP contribution in [0.2, 0.25) is 0 Å². The molecule has 0 aliphatic heterocycles. The molecule has 0 radical (unpaired) electrons. The third kappa shape index (κ3) is 5.51. The van der Waals surface area contributed by atoms with E-state index in [0.717, 1.165) is 23.0 Å². The normalized spacial score (nSPS) is 11.4. The fourth-order valence-corrected chi connectivity index (χ4v) is 3.16. The fourth-order valence-electron chi connectivity index (χ4n) is 3.16. The number of nitrogens with zero attached hydrogens (tertiary/aromatic N) is 5. The number of alkyl halides is 3. The van der Waals surface area contributed by atoms with Crippen molar-refractivity contribution < 1.29 is 23.1 Å². The lowest BCUT2D eigenvalue weighted by Gasteiger charge is -2.12. The summed E-state index contributed by atoms with van der Waals surface area (Å²) in [7, 11) is 0. The van der Waals surface area contributed by atoms with Crippen LogP contribution in [0.5, 0.6) is 0 Å². The summed E-state index contributed by atoms with van der Waals surface area (Å²) in [6.45, 7) is 7.14. The average molecular weight is 476 g/mol. The van der Waals surface area contributed by atoms with Gasteiger partial charge in [0.25, 0.3) is 0 Å². The first-order valence-electron chi connectivity index (χ1n) is 9.99. The van der Waals surface area contributed by atoms with Gasteiger partial charge in [-0.2, -0.15) is 23.3 Å². The Morgan fingerprint density at radius 3 is 2.66 bits per heavy atom. The summed E-state index contributed by atoms with van der Waals surface area (Å²) in [5.41, 5.74) is 1.30. The molecule has 2 aromatic heterocycles. The summed E-state index contributed by atoms with van der Waals surface area (Å²) in [4.78, 5) is 22.9. The van der Waals surface area contributed by atoms with Crippen molar-refractivity contribution >= 4 is 29.4 Å². The number of halogens is 3. The van der Waals surface area contributed by atoms with Crippen molar-refractivity contribution in [2.75, 3.05) is 5.32 Å². The van der Waals surface area contributed by atoms with Crippen LogP contribution >= 0.6 is 0 Å². The molecular formula is C24H15F3N6O2. The number of hydrogen-bond acceptors (Lipinski definition) is 5. The maximum atomic E-state index is 13.2. The minimum Gasteiger partial charge on any atom is -0.478 e. The smallest absolute Gasteiger partial charge is 0.435 e. The maximum absolute atomic E-state index is 13.2. The van der Waals surface area contributed by atoms with Crippen molar-refractivity contribution in [3.05, 3.63) is 95.7 Å². The fraction of sp³-hybridized carbons (Fsp3) is 0.0417. The van der Waals surface area contributed by atoms with Crippen molar-refractivity contribution in [3.8, 4) is 16.9 Å². The number of carboxylic acids is 1. The van der Waals surface area contributed by atoms with Crippen LogP contribution in [0.15, 0.2) is 73.1 Å². The van der Waals surface area contributed by atoms with Gasteiger partial charge in [-0.05, 0) is 41.5 Å². The third-order valence-electron chi connectivity index (χ3n) is 4.71. The molecule has 2 heterocycles. The Kier molecular flexibility index (Phi) is 6.28. The van der Waals surface area contributed by atoms with E-state index in [4.69, 9.17) is 11.7 Å². The second-order valence-corrected chi connectivity index (χ2v) is 7.16. The molecule has 2 N–H and O–H groups in total. The summed E-state index contributed by atoms with van der Waals surface area (Å²) in [6.07, 6.45) is 0.304. The molecule has 2 aromatic carbocycles. The molecule has 0 atom stereocenters. The Balaban J connectivity index is 1.80. The lowest BCUT2D eigenvalue weighted by atomic mass is 10.0. The van der Waals surface area contributed by atoms with Gasteiger partial charge < -0.3 is 10.4 Å². The topological polar surface area (TPSA) is 97.3 Å². The van der Waals surface area contributed by atoms with Gasteiger partial charge in [-0.15, -0.1) is 0 Å². The van der Waals surface area contributed by atoms with E-state index in [1.165, 1.54) is 12.3 Å². The van der Waals surface area contributed by atoms with Crippen LogP contribution in [0.25, 0.3) is 27.9 Å². The van der Waals surface area contributed by atoms with Crippen LogP contribution < -0.4 is 5.32 Å². The number of nitrogens with one attached hydrogen (secondary N) is 1. The molecule has 4 aromatic rings. The number of aliphatic carboxylic acids is 1. The molecule has 8 nitrogen and oxygen atoms in total. The molecule has 0 aliphatic carbocycles. The third-order valence-corrected chi connectivity index (χ3v) is 4.71. The van der Waals surface area contributed by atoms with Gasteiger partial charge in [0.2, 0.25) is 5.95 Å². The number of carbonyl (C=O) groups is 1. The van der Waals surface area contributed by atoms with Crippen molar-refractivity contribution in [3.63, 3.8) is 0 Å². The van der Waals surface area contributed by atoms with Crippen molar-refractivity contribution in [2.45, 2.75) is 6.18 Å². The Hall–Kier alpha value is -4.98. The predicted molar refractivity (Wildman–Crippen MR) is 122 cm³/mol. The van der Waals surface area contributed by atoms with Gasteiger partial charge in [-0.25, -0.2) is 19.3 Å². The number of carboxylic acid groups (broad SMARTS) is 1. The van der Waals surface area contributed by atoms with Crippen molar-refractivity contribution in [2.24, 2.45) is 0 Å². The van der Waals surface area contributed by atoms with E-state index in [1.54, 1.807) is 48.5 Å². The van der Waals surface area contributed by atoms with Crippen LogP contribution in [0.1, 0.15) is 11.3 Å². The van der Waals surface area contributed by atoms with Gasteiger partial charge in [0, 0.05) is 29.7 Å². The number of rotatable bonds is 6. The van der Waals surface area contributed by atoms with Gasteiger partial charge >= 0.3 is 12.1 Å². The molecule has 0 aliphatic rings. The van der Waals surface area contributed by atoms with Crippen LogP contribution in [0, 0.1) is 6.57 Å². The number of hydrogen-bond donors (Lipinski definition) is 2. The predicted octanol–water partition coefficient (Wildman–Crippen LogP) is 5.74.